The summed E-state index contributed by atoms with van der Waals surface area (Å²) in [5.74, 6) is 0. The van der Waals surface area contributed by atoms with Crippen LogP contribution in [-0.2, 0) is 0 Å². The lowest BCUT2D eigenvalue weighted by atomic mass is 10.3. The normalized spacial score (nSPS) is 20.5. The Morgan fingerprint density at radius 2 is 2.27 bits per heavy atom. The van der Waals surface area contributed by atoms with Gasteiger partial charge in [0.15, 0.2) is 0 Å². The first kappa shape index (κ1) is 6.67. The third-order valence-corrected chi connectivity index (χ3v) is 2.54. The van der Waals surface area contributed by atoms with Crippen LogP contribution in [0.4, 0.5) is 5.69 Å². The average molecular weight is 166 g/mol. The summed E-state index contributed by atoms with van der Waals surface area (Å²) in [7, 11) is 0. The number of para-hydroxylation sites is 1. The molecule has 0 fully saturated rings. The Kier molecular flexibility index (Phi) is 1.54. The van der Waals surface area contributed by atoms with Crippen LogP contribution in [0.3, 0.4) is 0 Å². The Bertz CT molecular complexity index is 265. The molecule has 0 spiro atoms. The molecule has 0 saturated heterocycles. The van der Waals surface area contributed by atoms with Gasteiger partial charge in [-0.1, -0.05) is 23.9 Å². The van der Waals surface area contributed by atoms with Crippen LogP contribution in [0.25, 0.3) is 0 Å². The van der Waals surface area contributed by atoms with E-state index in [9.17, 15) is 4.91 Å². The molecule has 1 unspecified atom stereocenters. The van der Waals surface area contributed by atoms with Gasteiger partial charge in [0, 0.05) is 4.90 Å². The molecule has 56 valence electrons. The first-order valence-corrected chi connectivity index (χ1v) is 4.13. The molecule has 1 heterocycles. The molecule has 4 heteroatoms. The van der Waals surface area contributed by atoms with Gasteiger partial charge in [0.25, 0.3) is 0 Å². The fourth-order valence-corrected chi connectivity index (χ4v) is 1.90. The van der Waals surface area contributed by atoms with Crippen LogP contribution in [0, 0.1) is 4.91 Å². The van der Waals surface area contributed by atoms with E-state index in [1.165, 1.54) is 11.8 Å². The van der Waals surface area contributed by atoms with Crippen LogP contribution in [0.15, 0.2) is 34.3 Å². The Morgan fingerprint density at radius 3 is 3.00 bits per heavy atom. The number of benzene rings is 1. The van der Waals surface area contributed by atoms with Gasteiger partial charge in [0.2, 0.25) is 5.50 Å². The number of fused-ring (bicyclic) bond motifs is 1. The topological polar surface area (TPSA) is 41.5 Å². The third-order valence-electron chi connectivity index (χ3n) is 1.50. The number of hydrogen-bond donors (Lipinski definition) is 1. The molecule has 1 aromatic carbocycles. The predicted molar refractivity (Wildman–Crippen MR) is 45.5 cm³/mol. The van der Waals surface area contributed by atoms with E-state index in [2.05, 4.69) is 10.5 Å². The lowest BCUT2D eigenvalue weighted by Gasteiger charge is -1.96. The zero-order valence-corrected chi connectivity index (χ0v) is 6.47. The lowest BCUT2D eigenvalue weighted by Crippen LogP contribution is -2.04. The van der Waals surface area contributed by atoms with Crippen molar-refractivity contribution >= 4 is 17.4 Å². The minimum Gasteiger partial charge on any atom is -0.351 e. The highest BCUT2D eigenvalue weighted by Crippen LogP contribution is 2.38. The van der Waals surface area contributed by atoms with Gasteiger partial charge in [-0.3, -0.25) is 0 Å². The molecular formula is C7H6N2OS. The maximum Gasteiger partial charge on any atom is 0.212 e. The smallest absolute Gasteiger partial charge is 0.212 e. The lowest BCUT2D eigenvalue weighted by molar-refractivity contribution is 1.06. The molecule has 0 bridgehead atoms. The monoisotopic (exact) mass is 166 g/mol. The predicted octanol–water partition coefficient (Wildman–Crippen LogP) is 2.25. The maximum atomic E-state index is 10.1. The van der Waals surface area contributed by atoms with E-state index in [1.807, 2.05) is 24.3 Å². The van der Waals surface area contributed by atoms with Gasteiger partial charge in [-0.05, 0) is 17.3 Å². The molecule has 1 atom stereocenters. The summed E-state index contributed by atoms with van der Waals surface area (Å²) in [5.41, 5.74) is 0.662. The fraction of sp³-hybridized carbons (Fsp3) is 0.143. The second-order valence-corrected chi connectivity index (χ2v) is 3.34. The van der Waals surface area contributed by atoms with Crippen molar-refractivity contribution in [3.8, 4) is 0 Å². The van der Waals surface area contributed by atoms with Crippen molar-refractivity contribution in [3.63, 3.8) is 0 Å². The van der Waals surface area contributed by atoms with Crippen molar-refractivity contribution < 1.29 is 0 Å². The summed E-state index contributed by atoms with van der Waals surface area (Å²) >= 11 is 1.45. The highest BCUT2D eigenvalue weighted by atomic mass is 32.2. The SMILES string of the molecule is O=NC1Nc2ccccc2S1. The minimum absolute atomic E-state index is 0.340. The number of nitroso groups, excluding NO2 is 1. The summed E-state index contributed by atoms with van der Waals surface area (Å²) in [4.78, 5) is 11.2. The van der Waals surface area contributed by atoms with E-state index in [-0.39, 0.29) is 5.50 Å². The molecule has 0 saturated carbocycles. The first-order chi connectivity index (χ1) is 5.40. The Labute approximate surface area is 68.2 Å². The molecule has 1 N–H and O–H groups in total. The Morgan fingerprint density at radius 1 is 1.45 bits per heavy atom. The summed E-state index contributed by atoms with van der Waals surface area (Å²) in [6.45, 7) is 0. The van der Waals surface area contributed by atoms with Crippen LogP contribution in [0.2, 0.25) is 0 Å². The van der Waals surface area contributed by atoms with Crippen LogP contribution in [0.5, 0.6) is 0 Å². The maximum absolute atomic E-state index is 10.1. The molecule has 0 amide bonds. The van der Waals surface area contributed by atoms with Gasteiger partial charge >= 0.3 is 0 Å². The molecular weight excluding hydrogens is 160 g/mol. The van der Waals surface area contributed by atoms with Crippen molar-refractivity contribution in [2.75, 3.05) is 5.32 Å². The molecule has 1 aliphatic heterocycles. The fourth-order valence-electron chi connectivity index (χ4n) is 1.02. The highest BCUT2D eigenvalue weighted by Gasteiger charge is 2.20. The van der Waals surface area contributed by atoms with Crippen molar-refractivity contribution in [1.82, 2.24) is 0 Å². The molecule has 1 aromatic rings. The quantitative estimate of drug-likeness (QED) is 0.650. The van der Waals surface area contributed by atoms with Crippen molar-refractivity contribution in [2.45, 2.75) is 10.4 Å². The molecule has 1 aliphatic rings. The average Bonchev–Trinajstić information content (AvgIpc) is 2.46. The van der Waals surface area contributed by atoms with E-state index in [0.29, 0.717) is 0 Å². The molecule has 11 heavy (non-hydrogen) atoms. The zero-order chi connectivity index (χ0) is 7.68. The molecule has 0 aromatic heterocycles. The van der Waals surface area contributed by atoms with E-state index < -0.39 is 0 Å². The van der Waals surface area contributed by atoms with Gasteiger partial charge in [-0.15, -0.1) is 4.91 Å². The van der Waals surface area contributed by atoms with Crippen LogP contribution in [-0.4, -0.2) is 5.50 Å². The molecule has 2 rings (SSSR count). The summed E-state index contributed by atoms with van der Waals surface area (Å²) in [5, 5.41) is 5.87. The number of thioether (sulfide) groups is 1. The Balaban J connectivity index is 2.33. The van der Waals surface area contributed by atoms with Gasteiger partial charge in [-0.25, -0.2) is 0 Å². The highest BCUT2D eigenvalue weighted by molar-refractivity contribution is 8.00. The number of rotatable bonds is 1. The van der Waals surface area contributed by atoms with E-state index >= 15 is 0 Å². The number of nitrogens with one attached hydrogen (secondary N) is 1. The van der Waals surface area contributed by atoms with E-state index in [1.54, 1.807) is 0 Å². The van der Waals surface area contributed by atoms with Gasteiger partial charge in [-0.2, -0.15) is 0 Å². The van der Waals surface area contributed by atoms with E-state index in [4.69, 9.17) is 0 Å². The number of anilines is 1. The van der Waals surface area contributed by atoms with Gasteiger partial charge in [0.1, 0.15) is 0 Å². The minimum atomic E-state index is -0.340. The summed E-state index contributed by atoms with van der Waals surface area (Å²) < 4.78 is 0. The second-order valence-electron chi connectivity index (χ2n) is 2.22. The van der Waals surface area contributed by atoms with Gasteiger partial charge < -0.3 is 5.32 Å². The van der Waals surface area contributed by atoms with E-state index in [0.717, 1.165) is 10.6 Å². The molecule has 0 radical (unpaired) electrons. The van der Waals surface area contributed by atoms with Crippen molar-refractivity contribution in [2.24, 2.45) is 5.18 Å². The molecule has 0 aliphatic carbocycles. The number of hydrogen-bond acceptors (Lipinski definition) is 4. The first-order valence-electron chi connectivity index (χ1n) is 3.25. The summed E-state index contributed by atoms with van der Waals surface area (Å²) in [6, 6.07) is 7.78. The van der Waals surface area contributed by atoms with Crippen LogP contribution < -0.4 is 5.32 Å². The van der Waals surface area contributed by atoms with Gasteiger partial charge in [0.05, 0.1) is 5.69 Å². The Hall–Kier alpha value is -1.03. The van der Waals surface area contributed by atoms with Crippen LogP contribution >= 0.6 is 11.8 Å². The summed E-state index contributed by atoms with van der Waals surface area (Å²) in [6.07, 6.45) is 0. The van der Waals surface area contributed by atoms with Crippen molar-refractivity contribution in [3.05, 3.63) is 29.2 Å². The third kappa shape index (κ3) is 1.09. The largest absolute Gasteiger partial charge is 0.351 e. The second kappa shape index (κ2) is 2.54. The number of nitrogens with zero attached hydrogens (tertiary/aromatic N) is 1. The van der Waals surface area contributed by atoms with Crippen LogP contribution in [0.1, 0.15) is 0 Å². The zero-order valence-electron chi connectivity index (χ0n) is 5.65. The molecule has 3 nitrogen and oxygen atoms in total. The standard InChI is InChI=1S/C7H6N2OS/c10-9-7-8-5-3-1-2-4-6(5)11-7/h1-4,7-8H. The van der Waals surface area contributed by atoms with Crippen molar-refractivity contribution in [1.29, 1.82) is 0 Å².